The molecule has 1 aliphatic rings. The molecule has 0 saturated heterocycles. The highest BCUT2D eigenvalue weighted by atomic mass is 35.5. The van der Waals surface area contributed by atoms with Crippen LogP contribution in [-0.4, -0.2) is 23.7 Å². The van der Waals surface area contributed by atoms with Crippen molar-refractivity contribution in [3.8, 4) is 0 Å². The summed E-state index contributed by atoms with van der Waals surface area (Å²) in [5.41, 5.74) is 0.496. The fourth-order valence-corrected chi connectivity index (χ4v) is 2.83. The second-order valence-corrected chi connectivity index (χ2v) is 5.75. The molecule has 1 fully saturated rings. The third-order valence-electron chi connectivity index (χ3n) is 3.73. The minimum Gasteiger partial charge on any atom is -0.478 e. The van der Waals surface area contributed by atoms with Gasteiger partial charge in [-0.1, -0.05) is 30.9 Å². The Hall–Kier alpha value is -1.75. The van der Waals surface area contributed by atoms with Crippen LogP contribution in [0, 0.1) is 5.92 Å². The van der Waals surface area contributed by atoms with Crippen LogP contribution in [0.1, 0.15) is 42.5 Å². The molecule has 1 aromatic carbocycles. The molecule has 2 amide bonds. The maximum Gasteiger partial charge on any atom is 0.337 e. The molecule has 1 aliphatic carbocycles. The minimum atomic E-state index is -1.09. The van der Waals surface area contributed by atoms with Crippen LogP contribution in [0.5, 0.6) is 0 Å². The zero-order chi connectivity index (χ0) is 15.2. The van der Waals surface area contributed by atoms with Crippen LogP contribution in [0.4, 0.5) is 10.5 Å². The minimum absolute atomic E-state index is 0.0184. The number of hydrogen-bond acceptors (Lipinski definition) is 2. The van der Waals surface area contributed by atoms with Crippen molar-refractivity contribution in [1.29, 1.82) is 0 Å². The van der Waals surface area contributed by atoms with Crippen molar-refractivity contribution in [2.75, 3.05) is 11.9 Å². The fourth-order valence-electron chi connectivity index (χ4n) is 2.57. The molecule has 0 aromatic heterocycles. The van der Waals surface area contributed by atoms with Gasteiger partial charge in [-0.2, -0.15) is 0 Å². The summed E-state index contributed by atoms with van der Waals surface area (Å²) in [4.78, 5) is 22.7. The summed E-state index contributed by atoms with van der Waals surface area (Å²) < 4.78 is 0. The van der Waals surface area contributed by atoms with Gasteiger partial charge in [-0.3, -0.25) is 0 Å². The maximum absolute atomic E-state index is 11.8. The van der Waals surface area contributed by atoms with Crippen LogP contribution in [0.15, 0.2) is 18.2 Å². The van der Waals surface area contributed by atoms with E-state index in [4.69, 9.17) is 16.7 Å². The Bertz CT molecular complexity index is 528. The third-order valence-corrected chi connectivity index (χ3v) is 4.05. The first kappa shape index (κ1) is 15.6. The van der Waals surface area contributed by atoms with Gasteiger partial charge in [-0.15, -0.1) is 0 Å². The van der Waals surface area contributed by atoms with E-state index in [-0.39, 0.29) is 16.6 Å². The van der Waals surface area contributed by atoms with Crippen LogP contribution in [-0.2, 0) is 0 Å². The lowest BCUT2D eigenvalue weighted by Gasteiger charge is -2.21. The van der Waals surface area contributed by atoms with Gasteiger partial charge >= 0.3 is 12.0 Å². The monoisotopic (exact) mass is 310 g/mol. The number of aromatic carboxylic acids is 1. The number of rotatable bonds is 4. The van der Waals surface area contributed by atoms with Crippen LogP contribution in [0.2, 0.25) is 5.02 Å². The number of nitrogens with one attached hydrogen (secondary N) is 2. The van der Waals surface area contributed by atoms with Crippen molar-refractivity contribution in [2.45, 2.75) is 32.1 Å². The summed E-state index contributed by atoms with van der Waals surface area (Å²) in [6.45, 7) is 0.673. The Balaban J connectivity index is 1.84. The highest BCUT2D eigenvalue weighted by molar-refractivity contribution is 6.33. The lowest BCUT2D eigenvalue weighted by molar-refractivity contribution is 0.0697. The Morgan fingerprint density at radius 3 is 2.57 bits per heavy atom. The summed E-state index contributed by atoms with van der Waals surface area (Å²) in [5, 5.41) is 14.5. The molecule has 0 aliphatic heterocycles. The highest BCUT2D eigenvalue weighted by Crippen LogP contribution is 2.23. The third kappa shape index (κ3) is 4.63. The number of carboxylic acids is 1. The first-order chi connectivity index (χ1) is 10.1. The van der Waals surface area contributed by atoms with Crippen molar-refractivity contribution in [1.82, 2.24) is 5.32 Å². The van der Waals surface area contributed by atoms with Crippen LogP contribution in [0.3, 0.4) is 0 Å². The molecule has 5 nitrogen and oxygen atoms in total. The number of carboxylic acid groups (broad SMARTS) is 1. The number of urea groups is 1. The average Bonchev–Trinajstić information content (AvgIpc) is 2.46. The maximum atomic E-state index is 11.8. The molecule has 21 heavy (non-hydrogen) atoms. The molecular weight excluding hydrogens is 292 g/mol. The van der Waals surface area contributed by atoms with E-state index in [1.54, 1.807) is 0 Å². The predicted molar refractivity (Wildman–Crippen MR) is 82.0 cm³/mol. The molecule has 2 rings (SSSR count). The number of halogens is 1. The van der Waals surface area contributed by atoms with E-state index in [1.165, 1.54) is 50.3 Å². The molecule has 6 heteroatoms. The van der Waals surface area contributed by atoms with Crippen molar-refractivity contribution in [3.63, 3.8) is 0 Å². The van der Waals surface area contributed by atoms with Crippen LogP contribution < -0.4 is 10.6 Å². The SMILES string of the molecule is O=C(NCC1CCCCC1)Nc1ccc(C(=O)O)c(Cl)c1. The van der Waals surface area contributed by atoms with Crippen LogP contribution >= 0.6 is 11.6 Å². The van der Waals surface area contributed by atoms with Gasteiger partial charge in [0.1, 0.15) is 0 Å². The first-order valence-corrected chi connectivity index (χ1v) is 7.52. The number of carbonyl (C=O) groups excluding carboxylic acids is 1. The fraction of sp³-hybridized carbons (Fsp3) is 0.467. The zero-order valence-electron chi connectivity index (χ0n) is 11.7. The van der Waals surface area contributed by atoms with E-state index in [1.807, 2.05) is 0 Å². The second kappa shape index (κ2) is 7.31. The number of carbonyl (C=O) groups is 2. The van der Waals surface area contributed by atoms with Crippen molar-refractivity contribution in [2.24, 2.45) is 5.92 Å². The lowest BCUT2D eigenvalue weighted by atomic mass is 9.89. The molecule has 0 heterocycles. The molecule has 1 saturated carbocycles. The molecule has 0 bridgehead atoms. The second-order valence-electron chi connectivity index (χ2n) is 5.34. The van der Waals surface area contributed by atoms with Gasteiger partial charge < -0.3 is 15.7 Å². The van der Waals surface area contributed by atoms with Gasteiger partial charge in [-0.05, 0) is 37.0 Å². The average molecular weight is 311 g/mol. The lowest BCUT2D eigenvalue weighted by Crippen LogP contribution is -2.33. The molecule has 0 spiro atoms. The smallest absolute Gasteiger partial charge is 0.337 e. The quantitative estimate of drug-likeness (QED) is 0.792. The Morgan fingerprint density at radius 2 is 1.95 bits per heavy atom. The number of amides is 2. The van der Waals surface area contributed by atoms with E-state index in [0.29, 0.717) is 18.2 Å². The largest absolute Gasteiger partial charge is 0.478 e. The zero-order valence-corrected chi connectivity index (χ0v) is 12.4. The summed E-state index contributed by atoms with van der Waals surface area (Å²) in [6.07, 6.45) is 6.09. The normalized spacial score (nSPS) is 15.5. The van der Waals surface area contributed by atoms with E-state index in [2.05, 4.69) is 10.6 Å². The van der Waals surface area contributed by atoms with Crippen molar-refractivity contribution in [3.05, 3.63) is 28.8 Å². The van der Waals surface area contributed by atoms with Gasteiger partial charge in [0, 0.05) is 12.2 Å². The van der Waals surface area contributed by atoms with E-state index in [0.717, 1.165) is 0 Å². The molecule has 0 atom stereocenters. The van der Waals surface area contributed by atoms with E-state index >= 15 is 0 Å². The van der Waals surface area contributed by atoms with Gasteiger partial charge in [-0.25, -0.2) is 9.59 Å². The summed E-state index contributed by atoms with van der Waals surface area (Å²) in [7, 11) is 0. The van der Waals surface area contributed by atoms with Gasteiger partial charge in [0.15, 0.2) is 0 Å². The number of anilines is 1. The molecule has 0 unspecified atom stereocenters. The molecule has 114 valence electrons. The summed E-state index contributed by atoms with van der Waals surface area (Å²) in [6, 6.07) is 4.04. The van der Waals surface area contributed by atoms with Crippen LogP contribution in [0.25, 0.3) is 0 Å². The van der Waals surface area contributed by atoms with Gasteiger partial charge in [0.05, 0.1) is 10.6 Å². The Kier molecular flexibility index (Phi) is 5.44. The standard InChI is InChI=1S/C15H19ClN2O3/c16-13-8-11(6-7-12(13)14(19)20)18-15(21)17-9-10-4-2-1-3-5-10/h6-8,10H,1-5,9H2,(H,19,20)(H2,17,18,21). The predicted octanol–water partition coefficient (Wildman–Crippen LogP) is 3.74. The summed E-state index contributed by atoms with van der Waals surface area (Å²) in [5.74, 6) is -0.532. The summed E-state index contributed by atoms with van der Waals surface area (Å²) >= 11 is 5.85. The number of benzene rings is 1. The van der Waals surface area contributed by atoms with Crippen molar-refractivity contribution >= 4 is 29.3 Å². The van der Waals surface area contributed by atoms with Gasteiger partial charge in [0.2, 0.25) is 0 Å². The first-order valence-electron chi connectivity index (χ1n) is 7.14. The number of hydrogen-bond donors (Lipinski definition) is 3. The Morgan fingerprint density at radius 1 is 1.24 bits per heavy atom. The Labute approximate surface area is 128 Å². The van der Waals surface area contributed by atoms with Crippen molar-refractivity contribution < 1.29 is 14.7 Å². The molecule has 3 N–H and O–H groups in total. The molecule has 1 aromatic rings. The van der Waals surface area contributed by atoms with E-state index in [9.17, 15) is 9.59 Å². The topological polar surface area (TPSA) is 78.4 Å². The highest BCUT2D eigenvalue weighted by Gasteiger charge is 2.14. The molecular formula is C15H19ClN2O3. The van der Waals surface area contributed by atoms with E-state index < -0.39 is 5.97 Å². The van der Waals surface area contributed by atoms with Gasteiger partial charge in [0.25, 0.3) is 0 Å². The molecule has 0 radical (unpaired) electrons.